The summed E-state index contributed by atoms with van der Waals surface area (Å²) in [5, 5.41) is 10.3. The second kappa shape index (κ2) is 7.79. The van der Waals surface area contributed by atoms with Gasteiger partial charge in [-0.3, -0.25) is 9.89 Å². The number of carbonyl (C=O) groups excluding carboxylic acids is 1. The summed E-state index contributed by atoms with van der Waals surface area (Å²) in [6, 6.07) is 12.3. The highest BCUT2D eigenvalue weighted by atomic mass is 35.5. The zero-order chi connectivity index (χ0) is 19.4. The van der Waals surface area contributed by atoms with E-state index in [4.69, 9.17) is 27.8 Å². The van der Waals surface area contributed by atoms with E-state index in [0.717, 1.165) is 0 Å². The van der Waals surface area contributed by atoms with Crippen LogP contribution in [0.15, 0.2) is 47.5 Å². The standard InChI is InChI=1S/C18H17ClN6O2/c1-27-14-7-6-10(8-12(14)20)9-22-17-15(16(21)26)18(25-24-17)23-13-5-3-2-4-11(13)19/h2-9H,20H2,1H3,(H2,21,26)(H2,23,24,25). The van der Waals surface area contributed by atoms with E-state index in [0.29, 0.717) is 33.5 Å². The zero-order valence-electron chi connectivity index (χ0n) is 14.4. The molecule has 8 nitrogen and oxygen atoms in total. The van der Waals surface area contributed by atoms with Crippen LogP contribution in [-0.4, -0.2) is 29.4 Å². The quantitative estimate of drug-likeness (QED) is 0.382. The van der Waals surface area contributed by atoms with E-state index < -0.39 is 5.91 Å². The summed E-state index contributed by atoms with van der Waals surface area (Å²) in [6.45, 7) is 0. The van der Waals surface area contributed by atoms with E-state index in [1.807, 2.05) is 6.07 Å². The molecule has 0 fully saturated rings. The highest BCUT2D eigenvalue weighted by Crippen LogP contribution is 2.29. The van der Waals surface area contributed by atoms with Gasteiger partial charge in [0.1, 0.15) is 17.1 Å². The van der Waals surface area contributed by atoms with Crippen LogP contribution in [0.1, 0.15) is 15.9 Å². The first-order valence-corrected chi connectivity index (χ1v) is 8.24. The Morgan fingerprint density at radius 1 is 1.33 bits per heavy atom. The van der Waals surface area contributed by atoms with E-state index in [2.05, 4.69) is 20.5 Å². The third kappa shape index (κ3) is 4.01. The summed E-state index contributed by atoms with van der Waals surface area (Å²) in [5.74, 6) is 0.333. The van der Waals surface area contributed by atoms with Gasteiger partial charge in [0.2, 0.25) is 0 Å². The fraction of sp³-hybridized carbons (Fsp3) is 0.0556. The van der Waals surface area contributed by atoms with Crippen molar-refractivity contribution in [3.05, 3.63) is 58.6 Å². The van der Waals surface area contributed by atoms with Gasteiger partial charge in [-0.25, -0.2) is 4.99 Å². The Labute approximate surface area is 160 Å². The molecular weight excluding hydrogens is 368 g/mol. The van der Waals surface area contributed by atoms with Crippen LogP contribution in [0.25, 0.3) is 0 Å². The molecule has 138 valence electrons. The number of nitrogens with zero attached hydrogens (tertiary/aromatic N) is 2. The molecule has 0 atom stereocenters. The molecule has 6 N–H and O–H groups in total. The molecule has 0 bridgehead atoms. The van der Waals surface area contributed by atoms with Gasteiger partial charge in [0, 0.05) is 6.21 Å². The SMILES string of the molecule is COc1ccc(C=Nc2n[nH]c(Nc3ccccc3Cl)c2C(N)=O)cc1N. The molecule has 27 heavy (non-hydrogen) atoms. The maximum absolute atomic E-state index is 11.9. The van der Waals surface area contributed by atoms with Gasteiger partial charge in [0.25, 0.3) is 5.91 Å². The molecule has 9 heteroatoms. The van der Waals surface area contributed by atoms with Crippen LogP contribution in [0.4, 0.5) is 23.0 Å². The number of H-pyrrole nitrogens is 1. The van der Waals surface area contributed by atoms with Gasteiger partial charge in [-0.2, -0.15) is 5.10 Å². The summed E-state index contributed by atoms with van der Waals surface area (Å²) in [4.78, 5) is 16.1. The van der Waals surface area contributed by atoms with Crippen molar-refractivity contribution in [1.29, 1.82) is 0 Å². The highest BCUT2D eigenvalue weighted by molar-refractivity contribution is 6.33. The van der Waals surface area contributed by atoms with Crippen molar-refractivity contribution in [2.45, 2.75) is 0 Å². The summed E-state index contributed by atoms with van der Waals surface area (Å²) < 4.78 is 5.12. The number of hydrogen-bond donors (Lipinski definition) is 4. The number of aromatic nitrogens is 2. The Morgan fingerprint density at radius 2 is 2.11 bits per heavy atom. The third-order valence-electron chi connectivity index (χ3n) is 3.72. The number of primary amides is 1. The highest BCUT2D eigenvalue weighted by Gasteiger charge is 2.18. The number of anilines is 3. The Bertz CT molecular complexity index is 1010. The van der Waals surface area contributed by atoms with Gasteiger partial charge in [-0.15, -0.1) is 0 Å². The number of hydrogen-bond acceptors (Lipinski definition) is 6. The summed E-state index contributed by atoms with van der Waals surface area (Å²) in [6.07, 6.45) is 1.53. The van der Waals surface area contributed by atoms with E-state index in [1.54, 1.807) is 36.4 Å². The number of ether oxygens (including phenoxy) is 1. The number of carbonyl (C=O) groups is 1. The second-order valence-corrected chi connectivity index (χ2v) is 5.93. The number of nitrogens with one attached hydrogen (secondary N) is 2. The number of aliphatic imine (C=N–C) groups is 1. The van der Waals surface area contributed by atoms with Crippen molar-refractivity contribution in [2.24, 2.45) is 10.7 Å². The summed E-state index contributed by atoms with van der Waals surface area (Å²) in [5.41, 5.74) is 13.3. The smallest absolute Gasteiger partial charge is 0.256 e. The number of rotatable bonds is 6. The first-order chi connectivity index (χ1) is 13.0. The van der Waals surface area contributed by atoms with E-state index in [9.17, 15) is 4.79 Å². The lowest BCUT2D eigenvalue weighted by atomic mass is 10.2. The number of aromatic amines is 1. The van der Waals surface area contributed by atoms with Crippen molar-refractivity contribution < 1.29 is 9.53 Å². The van der Waals surface area contributed by atoms with Gasteiger partial charge in [-0.1, -0.05) is 23.7 Å². The Balaban J connectivity index is 1.90. The Hall–Kier alpha value is -3.52. The molecule has 3 aromatic rings. The van der Waals surface area contributed by atoms with Gasteiger partial charge in [-0.05, 0) is 35.9 Å². The molecule has 3 rings (SSSR count). The van der Waals surface area contributed by atoms with Crippen LogP contribution in [0.2, 0.25) is 5.02 Å². The average Bonchev–Trinajstić information content (AvgIpc) is 3.05. The molecule has 2 aromatic carbocycles. The monoisotopic (exact) mass is 384 g/mol. The topological polar surface area (TPSA) is 131 Å². The number of para-hydroxylation sites is 1. The third-order valence-corrected chi connectivity index (χ3v) is 4.05. The zero-order valence-corrected chi connectivity index (χ0v) is 15.1. The molecule has 1 heterocycles. The fourth-order valence-electron chi connectivity index (χ4n) is 2.42. The minimum atomic E-state index is -0.681. The lowest BCUT2D eigenvalue weighted by molar-refractivity contribution is 0.100. The lowest BCUT2D eigenvalue weighted by Crippen LogP contribution is -2.12. The van der Waals surface area contributed by atoms with Crippen molar-refractivity contribution in [3.63, 3.8) is 0 Å². The molecule has 0 spiro atoms. The molecule has 0 saturated heterocycles. The molecule has 1 aromatic heterocycles. The van der Waals surface area contributed by atoms with Crippen LogP contribution in [0, 0.1) is 0 Å². The normalized spacial score (nSPS) is 10.9. The first kappa shape index (κ1) is 18.3. The van der Waals surface area contributed by atoms with Gasteiger partial charge in [0.15, 0.2) is 5.82 Å². The average molecular weight is 385 g/mol. The molecule has 0 saturated carbocycles. The number of amides is 1. The van der Waals surface area contributed by atoms with Gasteiger partial charge in [0.05, 0.1) is 23.5 Å². The maximum Gasteiger partial charge on any atom is 0.256 e. The molecule has 0 aliphatic rings. The molecule has 1 amide bonds. The minimum Gasteiger partial charge on any atom is -0.495 e. The van der Waals surface area contributed by atoms with E-state index in [-0.39, 0.29) is 11.4 Å². The van der Waals surface area contributed by atoms with Crippen molar-refractivity contribution in [3.8, 4) is 5.75 Å². The minimum absolute atomic E-state index is 0.118. The predicted molar refractivity (Wildman–Crippen MR) is 107 cm³/mol. The molecular formula is C18H17ClN6O2. The van der Waals surface area contributed by atoms with Crippen molar-refractivity contribution in [2.75, 3.05) is 18.2 Å². The number of nitrogens with two attached hydrogens (primary N) is 2. The number of halogens is 1. The number of benzene rings is 2. The Kier molecular flexibility index (Phi) is 5.28. The predicted octanol–water partition coefficient (Wildman–Crippen LogP) is 3.25. The summed E-state index contributed by atoms with van der Waals surface area (Å²) >= 11 is 6.13. The van der Waals surface area contributed by atoms with Crippen LogP contribution in [0.5, 0.6) is 5.75 Å². The van der Waals surface area contributed by atoms with Gasteiger partial charge >= 0.3 is 0 Å². The van der Waals surface area contributed by atoms with E-state index in [1.165, 1.54) is 13.3 Å². The van der Waals surface area contributed by atoms with Crippen molar-refractivity contribution in [1.82, 2.24) is 10.2 Å². The van der Waals surface area contributed by atoms with Crippen LogP contribution < -0.4 is 21.5 Å². The van der Waals surface area contributed by atoms with Gasteiger partial charge < -0.3 is 21.5 Å². The molecule has 0 radical (unpaired) electrons. The van der Waals surface area contributed by atoms with Crippen LogP contribution >= 0.6 is 11.6 Å². The molecule has 0 aliphatic carbocycles. The first-order valence-electron chi connectivity index (χ1n) is 7.87. The Morgan fingerprint density at radius 3 is 2.78 bits per heavy atom. The lowest BCUT2D eigenvalue weighted by Gasteiger charge is -2.07. The second-order valence-electron chi connectivity index (χ2n) is 5.53. The van der Waals surface area contributed by atoms with Crippen LogP contribution in [-0.2, 0) is 0 Å². The van der Waals surface area contributed by atoms with Crippen LogP contribution in [0.3, 0.4) is 0 Å². The molecule has 0 aliphatic heterocycles. The fourth-order valence-corrected chi connectivity index (χ4v) is 2.60. The van der Waals surface area contributed by atoms with E-state index >= 15 is 0 Å². The number of nitrogen functional groups attached to an aromatic ring is 1. The summed E-state index contributed by atoms with van der Waals surface area (Å²) in [7, 11) is 1.54. The van der Waals surface area contributed by atoms with Crippen molar-refractivity contribution >= 4 is 46.7 Å². The number of methoxy groups -OCH3 is 1. The molecule has 0 unspecified atom stereocenters. The largest absolute Gasteiger partial charge is 0.495 e. The maximum atomic E-state index is 11.9.